The summed E-state index contributed by atoms with van der Waals surface area (Å²) in [6, 6.07) is 11.5. The van der Waals surface area contributed by atoms with Crippen LogP contribution in [-0.4, -0.2) is 21.1 Å². The van der Waals surface area contributed by atoms with Crippen molar-refractivity contribution in [2.75, 3.05) is 5.32 Å². The molecular formula is C17H13F3N4O. The largest absolute Gasteiger partial charge is 0.416 e. The number of anilines is 1. The summed E-state index contributed by atoms with van der Waals surface area (Å²) in [4.78, 5) is 16.2. The van der Waals surface area contributed by atoms with Gasteiger partial charge in [-0.1, -0.05) is 29.8 Å². The first-order chi connectivity index (χ1) is 11.8. The molecule has 1 heterocycles. The number of carbonyl (C=O) groups excluding carboxylic acids is 1. The summed E-state index contributed by atoms with van der Waals surface area (Å²) in [6.45, 7) is 1.96. The summed E-state index contributed by atoms with van der Waals surface area (Å²) >= 11 is 0. The number of hydrogen-bond donors (Lipinski definition) is 2. The lowest BCUT2D eigenvalue weighted by atomic mass is 10.1. The Kier molecular flexibility index (Phi) is 4.26. The molecule has 128 valence electrons. The van der Waals surface area contributed by atoms with E-state index >= 15 is 0 Å². The van der Waals surface area contributed by atoms with Gasteiger partial charge in [0, 0.05) is 11.1 Å². The molecule has 1 amide bonds. The molecule has 1 aromatic heterocycles. The van der Waals surface area contributed by atoms with E-state index in [1.807, 2.05) is 31.2 Å². The Bertz CT molecular complexity index is 884. The van der Waals surface area contributed by atoms with Crippen molar-refractivity contribution in [2.24, 2.45) is 0 Å². The smallest absolute Gasteiger partial charge is 0.289 e. The predicted molar refractivity (Wildman–Crippen MR) is 86.0 cm³/mol. The highest BCUT2D eigenvalue weighted by Crippen LogP contribution is 2.29. The molecule has 0 radical (unpaired) electrons. The van der Waals surface area contributed by atoms with Crippen LogP contribution >= 0.6 is 0 Å². The molecule has 8 heteroatoms. The van der Waals surface area contributed by atoms with Crippen molar-refractivity contribution in [1.29, 1.82) is 0 Å². The highest BCUT2D eigenvalue weighted by Gasteiger charge is 2.30. The summed E-state index contributed by atoms with van der Waals surface area (Å²) in [5.74, 6) is -0.0774. The molecule has 0 aliphatic rings. The molecule has 3 aromatic rings. The van der Waals surface area contributed by atoms with E-state index in [-0.39, 0.29) is 11.5 Å². The maximum absolute atomic E-state index is 12.5. The zero-order valence-corrected chi connectivity index (χ0v) is 13.1. The van der Waals surface area contributed by atoms with Crippen LogP contribution in [0.4, 0.5) is 19.1 Å². The molecule has 25 heavy (non-hydrogen) atoms. The van der Waals surface area contributed by atoms with Crippen LogP contribution in [0.3, 0.4) is 0 Å². The number of carbonyl (C=O) groups is 1. The third kappa shape index (κ3) is 3.85. The Morgan fingerprint density at radius 1 is 1.04 bits per heavy atom. The van der Waals surface area contributed by atoms with Crippen molar-refractivity contribution in [3.63, 3.8) is 0 Å². The highest BCUT2D eigenvalue weighted by atomic mass is 19.4. The van der Waals surface area contributed by atoms with Gasteiger partial charge < -0.3 is 0 Å². The average Bonchev–Trinajstić information content (AvgIpc) is 3.03. The summed E-state index contributed by atoms with van der Waals surface area (Å²) in [7, 11) is 0. The van der Waals surface area contributed by atoms with E-state index in [9.17, 15) is 18.0 Å². The van der Waals surface area contributed by atoms with Gasteiger partial charge in [-0.15, -0.1) is 5.10 Å². The van der Waals surface area contributed by atoms with Gasteiger partial charge in [0.05, 0.1) is 5.56 Å². The van der Waals surface area contributed by atoms with Crippen LogP contribution < -0.4 is 5.32 Å². The van der Waals surface area contributed by atoms with Crippen molar-refractivity contribution in [3.05, 3.63) is 65.2 Å². The number of nitrogens with one attached hydrogen (secondary N) is 2. The number of H-pyrrole nitrogens is 1. The number of alkyl halides is 3. The molecule has 3 rings (SSSR count). The van der Waals surface area contributed by atoms with Gasteiger partial charge in [-0.05, 0) is 31.2 Å². The molecule has 5 nitrogen and oxygen atoms in total. The Morgan fingerprint density at radius 3 is 2.28 bits per heavy atom. The van der Waals surface area contributed by atoms with Crippen molar-refractivity contribution in [1.82, 2.24) is 15.2 Å². The standard InChI is InChI=1S/C17H13F3N4O/c1-10-2-4-11(5-3-10)14-21-16(24-23-14)22-15(25)12-6-8-13(9-7-12)17(18,19)20/h2-9H,1H3,(H2,21,22,23,24,25). The number of aryl methyl sites for hydroxylation is 1. The normalized spacial score (nSPS) is 11.4. The van der Waals surface area contributed by atoms with Crippen molar-refractivity contribution >= 4 is 11.9 Å². The first-order valence-electron chi connectivity index (χ1n) is 7.31. The zero-order chi connectivity index (χ0) is 18.0. The molecule has 0 spiro atoms. The van der Waals surface area contributed by atoms with E-state index in [0.29, 0.717) is 5.82 Å². The van der Waals surface area contributed by atoms with Crippen molar-refractivity contribution in [2.45, 2.75) is 13.1 Å². The van der Waals surface area contributed by atoms with Gasteiger partial charge in [0.2, 0.25) is 5.95 Å². The lowest BCUT2D eigenvalue weighted by molar-refractivity contribution is -0.137. The number of aromatic amines is 1. The summed E-state index contributed by atoms with van der Waals surface area (Å²) in [5, 5.41) is 9.04. The van der Waals surface area contributed by atoms with Crippen LogP contribution in [0.5, 0.6) is 0 Å². The minimum absolute atomic E-state index is 0.0421. The molecule has 2 N–H and O–H groups in total. The van der Waals surface area contributed by atoms with Gasteiger partial charge in [-0.25, -0.2) is 0 Å². The fraction of sp³-hybridized carbons (Fsp3) is 0.118. The number of nitrogens with zero attached hydrogens (tertiary/aromatic N) is 2. The predicted octanol–water partition coefficient (Wildman–Crippen LogP) is 4.05. The zero-order valence-electron chi connectivity index (χ0n) is 13.1. The molecule has 0 saturated carbocycles. The fourth-order valence-corrected chi connectivity index (χ4v) is 2.14. The third-order valence-corrected chi connectivity index (χ3v) is 3.51. The molecule has 0 atom stereocenters. The maximum Gasteiger partial charge on any atom is 0.416 e. The Balaban J connectivity index is 1.72. The lowest BCUT2D eigenvalue weighted by Crippen LogP contribution is -2.13. The van der Waals surface area contributed by atoms with Gasteiger partial charge in [0.15, 0.2) is 5.82 Å². The van der Waals surface area contributed by atoms with Gasteiger partial charge in [-0.2, -0.15) is 18.2 Å². The summed E-state index contributed by atoms with van der Waals surface area (Å²) < 4.78 is 37.6. The minimum Gasteiger partial charge on any atom is -0.289 e. The second-order valence-electron chi connectivity index (χ2n) is 5.40. The SMILES string of the molecule is Cc1ccc(-c2nc(NC(=O)c3ccc(C(F)(F)F)cc3)n[nH]2)cc1. The van der Waals surface area contributed by atoms with E-state index < -0.39 is 17.6 Å². The molecule has 0 fully saturated rings. The van der Waals surface area contributed by atoms with Gasteiger partial charge in [-0.3, -0.25) is 15.2 Å². The maximum atomic E-state index is 12.5. The topological polar surface area (TPSA) is 70.7 Å². The van der Waals surface area contributed by atoms with Crippen LogP contribution in [-0.2, 0) is 6.18 Å². The molecule has 0 aliphatic carbocycles. The lowest BCUT2D eigenvalue weighted by Gasteiger charge is -2.07. The van der Waals surface area contributed by atoms with E-state index in [1.54, 1.807) is 0 Å². The van der Waals surface area contributed by atoms with E-state index in [2.05, 4.69) is 20.5 Å². The number of amides is 1. The number of hydrogen-bond acceptors (Lipinski definition) is 3. The second-order valence-corrected chi connectivity index (χ2v) is 5.40. The van der Waals surface area contributed by atoms with Gasteiger partial charge in [0.25, 0.3) is 5.91 Å². The molecule has 0 saturated heterocycles. The minimum atomic E-state index is -4.44. The van der Waals surface area contributed by atoms with Crippen LogP contribution in [0.25, 0.3) is 11.4 Å². The second kappa shape index (κ2) is 6.39. The molecule has 0 bridgehead atoms. The first kappa shape index (κ1) is 16.7. The fourth-order valence-electron chi connectivity index (χ4n) is 2.14. The molecule has 0 unspecified atom stereocenters. The molecule has 0 aliphatic heterocycles. The van der Waals surface area contributed by atoms with Crippen molar-refractivity contribution < 1.29 is 18.0 Å². The molecule has 2 aromatic carbocycles. The Morgan fingerprint density at radius 2 is 1.68 bits per heavy atom. The first-order valence-corrected chi connectivity index (χ1v) is 7.31. The third-order valence-electron chi connectivity index (χ3n) is 3.51. The van der Waals surface area contributed by atoms with Crippen LogP contribution in [0, 0.1) is 6.92 Å². The molecular weight excluding hydrogens is 333 g/mol. The number of aromatic nitrogens is 3. The van der Waals surface area contributed by atoms with Gasteiger partial charge >= 0.3 is 6.18 Å². The summed E-state index contributed by atoms with van der Waals surface area (Å²) in [5.41, 5.74) is 1.16. The average molecular weight is 346 g/mol. The van der Waals surface area contributed by atoms with E-state index in [1.165, 1.54) is 0 Å². The van der Waals surface area contributed by atoms with Crippen LogP contribution in [0.2, 0.25) is 0 Å². The quantitative estimate of drug-likeness (QED) is 0.751. The number of halogens is 3. The van der Waals surface area contributed by atoms with E-state index in [0.717, 1.165) is 35.4 Å². The van der Waals surface area contributed by atoms with Crippen LogP contribution in [0.1, 0.15) is 21.5 Å². The Labute approximate surface area is 140 Å². The highest BCUT2D eigenvalue weighted by molar-refractivity contribution is 6.03. The Hall–Kier alpha value is -3.16. The van der Waals surface area contributed by atoms with Crippen LogP contribution in [0.15, 0.2) is 48.5 Å². The number of rotatable bonds is 3. The monoisotopic (exact) mass is 346 g/mol. The van der Waals surface area contributed by atoms with Gasteiger partial charge in [0.1, 0.15) is 0 Å². The summed E-state index contributed by atoms with van der Waals surface area (Å²) in [6.07, 6.45) is -4.44. The van der Waals surface area contributed by atoms with Crippen molar-refractivity contribution in [3.8, 4) is 11.4 Å². The van der Waals surface area contributed by atoms with E-state index in [4.69, 9.17) is 0 Å². The number of benzene rings is 2.